The van der Waals surface area contributed by atoms with Crippen LogP contribution in [0.15, 0.2) is 30.5 Å². The fourth-order valence-electron chi connectivity index (χ4n) is 4.94. The van der Waals surface area contributed by atoms with Crippen molar-refractivity contribution in [3.05, 3.63) is 53.1 Å². The lowest BCUT2D eigenvalue weighted by Crippen LogP contribution is -2.31. The Hall–Kier alpha value is -2.10. The summed E-state index contributed by atoms with van der Waals surface area (Å²) >= 11 is 0. The maximum Gasteiger partial charge on any atom is 0.256 e. The van der Waals surface area contributed by atoms with Gasteiger partial charge in [-0.05, 0) is 57.7 Å². The van der Waals surface area contributed by atoms with Crippen LogP contribution < -0.4 is 0 Å². The van der Waals surface area contributed by atoms with Crippen LogP contribution in [0, 0.1) is 13.8 Å². The van der Waals surface area contributed by atoms with Gasteiger partial charge in [0.05, 0.1) is 17.3 Å². The summed E-state index contributed by atoms with van der Waals surface area (Å²) in [4.78, 5) is 19.9. The number of likely N-dealkylation sites (tertiary alicyclic amines) is 1. The molecule has 0 spiro atoms. The Morgan fingerprint density at radius 1 is 1.08 bits per heavy atom. The molecule has 2 aliphatic rings. The van der Waals surface area contributed by atoms with E-state index in [-0.39, 0.29) is 11.9 Å². The highest BCUT2D eigenvalue weighted by molar-refractivity contribution is 5.96. The van der Waals surface area contributed by atoms with E-state index in [0.29, 0.717) is 6.04 Å². The lowest BCUT2D eigenvalue weighted by Gasteiger charge is -2.27. The number of carbonyl (C=O) groups excluding carboxylic acids is 1. The molecule has 2 aromatic rings. The molecule has 1 atom stereocenters. The SMILES string of the molecule is Cc1cc(C(=O)N2CCCC2c2ccccn2)c(C)n1C1CCCCC1. The van der Waals surface area contributed by atoms with Crippen molar-refractivity contribution >= 4 is 5.91 Å². The summed E-state index contributed by atoms with van der Waals surface area (Å²) in [6.45, 7) is 5.10. The van der Waals surface area contributed by atoms with Crippen LogP contribution in [0.25, 0.3) is 0 Å². The predicted molar refractivity (Wildman–Crippen MR) is 103 cm³/mol. The normalized spacial score (nSPS) is 21.3. The molecule has 3 heterocycles. The molecule has 2 fully saturated rings. The number of pyridine rings is 1. The summed E-state index contributed by atoms with van der Waals surface area (Å²) < 4.78 is 2.43. The van der Waals surface area contributed by atoms with E-state index in [0.717, 1.165) is 36.3 Å². The number of hydrogen-bond donors (Lipinski definition) is 0. The van der Waals surface area contributed by atoms with E-state index in [2.05, 4.69) is 29.5 Å². The number of rotatable bonds is 3. The van der Waals surface area contributed by atoms with Gasteiger partial charge in [0.15, 0.2) is 0 Å². The zero-order valence-corrected chi connectivity index (χ0v) is 15.9. The minimum absolute atomic E-state index is 0.112. The van der Waals surface area contributed by atoms with Gasteiger partial charge in [-0.15, -0.1) is 0 Å². The highest BCUT2D eigenvalue weighted by Gasteiger charge is 2.33. The summed E-state index contributed by atoms with van der Waals surface area (Å²) in [5, 5.41) is 0. The monoisotopic (exact) mass is 351 g/mol. The largest absolute Gasteiger partial charge is 0.345 e. The molecular weight excluding hydrogens is 322 g/mol. The third kappa shape index (κ3) is 3.06. The van der Waals surface area contributed by atoms with Crippen molar-refractivity contribution < 1.29 is 4.79 Å². The molecule has 1 aliphatic heterocycles. The first-order chi connectivity index (χ1) is 12.7. The number of aromatic nitrogens is 2. The van der Waals surface area contributed by atoms with Crippen LogP contribution in [0.2, 0.25) is 0 Å². The van der Waals surface area contributed by atoms with Gasteiger partial charge in [-0.1, -0.05) is 25.3 Å². The second kappa shape index (κ2) is 7.26. The zero-order valence-electron chi connectivity index (χ0n) is 15.9. The molecule has 4 nitrogen and oxygen atoms in total. The first-order valence-electron chi connectivity index (χ1n) is 10.1. The Kier molecular flexibility index (Phi) is 4.84. The molecular formula is C22H29N3O. The van der Waals surface area contributed by atoms with Crippen molar-refractivity contribution in [1.29, 1.82) is 0 Å². The molecule has 0 bridgehead atoms. The topological polar surface area (TPSA) is 38.1 Å². The van der Waals surface area contributed by atoms with Crippen molar-refractivity contribution in [2.24, 2.45) is 0 Å². The van der Waals surface area contributed by atoms with Gasteiger partial charge >= 0.3 is 0 Å². The molecule has 0 aromatic carbocycles. The van der Waals surface area contributed by atoms with Gasteiger partial charge in [0.1, 0.15) is 0 Å². The van der Waals surface area contributed by atoms with Gasteiger partial charge in [0.2, 0.25) is 0 Å². The Bertz CT molecular complexity index is 774. The van der Waals surface area contributed by atoms with Crippen molar-refractivity contribution in [3.8, 4) is 0 Å². The standard InChI is InChI=1S/C22H29N3O/c1-16-15-19(17(2)25(16)18-9-4-3-5-10-18)22(26)24-14-8-12-21(24)20-11-6-7-13-23-20/h6-7,11,13,15,18,21H,3-5,8-10,12,14H2,1-2H3. The van der Waals surface area contributed by atoms with Crippen LogP contribution in [0.3, 0.4) is 0 Å². The number of amides is 1. The van der Waals surface area contributed by atoms with Crippen molar-refractivity contribution in [3.63, 3.8) is 0 Å². The molecule has 0 N–H and O–H groups in total. The molecule has 0 radical (unpaired) electrons. The third-order valence-electron chi connectivity index (χ3n) is 6.20. The quantitative estimate of drug-likeness (QED) is 0.782. The molecule has 1 saturated carbocycles. The van der Waals surface area contributed by atoms with Crippen molar-refractivity contribution in [2.45, 2.75) is 70.9 Å². The molecule has 1 aliphatic carbocycles. The number of aryl methyl sites for hydroxylation is 1. The Morgan fingerprint density at radius 2 is 1.88 bits per heavy atom. The Morgan fingerprint density at radius 3 is 2.62 bits per heavy atom. The molecule has 4 heteroatoms. The lowest BCUT2D eigenvalue weighted by molar-refractivity contribution is 0.0732. The second-order valence-electron chi connectivity index (χ2n) is 7.86. The average Bonchev–Trinajstić information content (AvgIpc) is 3.27. The summed E-state index contributed by atoms with van der Waals surface area (Å²) in [5.74, 6) is 0.174. The van der Waals surface area contributed by atoms with Gasteiger partial charge in [0.25, 0.3) is 5.91 Å². The average molecular weight is 351 g/mol. The first kappa shape index (κ1) is 17.3. The maximum absolute atomic E-state index is 13.4. The van der Waals surface area contributed by atoms with Gasteiger partial charge < -0.3 is 9.47 Å². The molecule has 1 amide bonds. The fourth-order valence-corrected chi connectivity index (χ4v) is 4.94. The minimum atomic E-state index is 0.112. The van der Waals surface area contributed by atoms with E-state index in [1.54, 1.807) is 0 Å². The van der Waals surface area contributed by atoms with Gasteiger partial charge in [-0.3, -0.25) is 9.78 Å². The van der Waals surface area contributed by atoms with Crippen LogP contribution in [0.1, 0.15) is 84.5 Å². The summed E-state index contributed by atoms with van der Waals surface area (Å²) in [7, 11) is 0. The molecule has 2 aromatic heterocycles. The number of hydrogen-bond acceptors (Lipinski definition) is 2. The van der Waals surface area contributed by atoms with E-state index >= 15 is 0 Å². The molecule has 138 valence electrons. The third-order valence-corrected chi connectivity index (χ3v) is 6.20. The highest BCUT2D eigenvalue weighted by Crippen LogP contribution is 2.35. The van der Waals surface area contributed by atoms with Crippen molar-refractivity contribution in [1.82, 2.24) is 14.5 Å². The van der Waals surface area contributed by atoms with Gasteiger partial charge in [0, 0.05) is 30.2 Å². The van der Waals surface area contributed by atoms with Crippen LogP contribution >= 0.6 is 0 Å². The van der Waals surface area contributed by atoms with E-state index < -0.39 is 0 Å². The predicted octanol–water partition coefficient (Wildman–Crippen LogP) is 4.98. The van der Waals surface area contributed by atoms with Crippen LogP contribution in [0.4, 0.5) is 0 Å². The molecule has 26 heavy (non-hydrogen) atoms. The maximum atomic E-state index is 13.4. The molecule has 4 rings (SSSR count). The van der Waals surface area contributed by atoms with Gasteiger partial charge in [-0.2, -0.15) is 0 Å². The van der Waals surface area contributed by atoms with E-state index in [9.17, 15) is 4.79 Å². The van der Waals surface area contributed by atoms with E-state index in [4.69, 9.17) is 0 Å². The molecule has 1 saturated heterocycles. The number of carbonyl (C=O) groups is 1. The Labute approximate surface area is 156 Å². The second-order valence-corrected chi connectivity index (χ2v) is 7.86. The lowest BCUT2D eigenvalue weighted by atomic mass is 9.95. The van der Waals surface area contributed by atoms with Crippen LogP contribution in [0.5, 0.6) is 0 Å². The fraction of sp³-hybridized carbons (Fsp3) is 0.545. The van der Waals surface area contributed by atoms with Gasteiger partial charge in [-0.25, -0.2) is 0 Å². The van der Waals surface area contributed by atoms with E-state index in [1.165, 1.54) is 37.8 Å². The van der Waals surface area contributed by atoms with Crippen LogP contribution in [-0.4, -0.2) is 26.9 Å². The van der Waals surface area contributed by atoms with Crippen LogP contribution in [-0.2, 0) is 0 Å². The summed E-state index contributed by atoms with van der Waals surface area (Å²) in [6, 6.07) is 8.78. The summed E-state index contributed by atoms with van der Waals surface area (Å²) in [5.41, 5.74) is 4.27. The number of nitrogens with zero attached hydrogens (tertiary/aromatic N) is 3. The smallest absolute Gasteiger partial charge is 0.256 e. The Balaban J connectivity index is 1.62. The first-order valence-corrected chi connectivity index (χ1v) is 10.1. The van der Waals surface area contributed by atoms with Crippen molar-refractivity contribution in [2.75, 3.05) is 6.54 Å². The summed E-state index contributed by atoms with van der Waals surface area (Å²) in [6.07, 6.45) is 10.3. The van der Waals surface area contributed by atoms with E-state index in [1.807, 2.05) is 29.3 Å². The minimum Gasteiger partial charge on any atom is -0.345 e. The molecule has 1 unspecified atom stereocenters. The highest BCUT2D eigenvalue weighted by atomic mass is 16.2. The zero-order chi connectivity index (χ0) is 18.1.